The van der Waals surface area contributed by atoms with Crippen LogP contribution >= 0.6 is 34.2 Å². The minimum atomic E-state index is -0.208. The number of para-hydroxylation sites is 1. The standard InChI is InChI=1S/C19H13ClINO2/c20-13-10-11-18(24-14-6-2-1-3-7-14)17(12-13)22-19(23)15-8-4-5-9-16(15)21/h1-12H,(H,22,23). The second-order valence-corrected chi connectivity index (χ2v) is 6.59. The molecule has 0 aliphatic rings. The van der Waals surface area contributed by atoms with Crippen molar-refractivity contribution in [3.8, 4) is 11.5 Å². The van der Waals surface area contributed by atoms with Crippen LogP contribution in [0.2, 0.25) is 5.02 Å². The van der Waals surface area contributed by atoms with Gasteiger partial charge in [-0.3, -0.25) is 4.79 Å². The van der Waals surface area contributed by atoms with E-state index in [1.165, 1.54) is 0 Å². The van der Waals surface area contributed by atoms with Crippen LogP contribution in [0.25, 0.3) is 0 Å². The van der Waals surface area contributed by atoms with E-state index in [1.807, 2.05) is 48.5 Å². The summed E-state index contributed by atoms with van der Waals surface area (Å²) >= 11 is 8.21. The fourth-order valence-corrected chi connectivity index (χ4v) is 2.94. The van der Waals surface area contributed by atoms with E-state index in [9.17, 15) is 4.79 Å². The third-order valence-electron chi connectivity index (χ3n) is 3.28. The van der Waals surface area contributed by atoms with Crippen LogP contribution in [0.1, 0.15) is 10.4 Å². The number of carbonyl (C=O) groups is 1. The maximum absolute atomic E-state index is 12.5. The van der Waals surface area contributed by atoms with Gasteiger partial charge in [-0.15, -0.1) is 0 Å². The normalized spacial score (nSPS) is 10.2. The lowest BCUT2D eigenvalue weighted by molar-refractivity contribution is 0.102. The van der Waals surface area contributed by atoms with Crippen LogP contribution in [0.4, 0.5) is 5.69 Å². The zero-order valence-electron chi connectivity index (χ0n) is 12.5. The minimum Gasteiger partial charge on any atom is -0.455 e. The summed E-state index contributed by atoms with van der Waals surface area (Å²) in [6, 6.07) is 21.9. The largest absolute Gasteiger partial charge is 0.455 e. The van der Waals surface area contributed by atoms with Gasteiger partial charge in [0.15, 0.2) is 5.75 Å². The van der Waals surface area contributed by atoms with Crippen molar-refractivity contribution in [1.82, 2.24) is 0 Å². The van der Waals surface area contributed by atoms with Gasteiger partial charge in [-0.1, -0.05) is 41.9 Å². The molecule has 3 aromatic carbocycles. The van der Waals surface area contributed by atoms with Crippen LogP contribution in [-0.2, 0) is 0 Å². The molecule has 3 nitrogen and oxygen atoms in total. The number of rotatable bonds is 4. The van der Waals surface area contributed by atoms with Crippen LogP contribution in [0.5, 0.6) is 11.5 Å². The Hall–Kier alpha value is -2.05. The van der Waals surface area contributed by atoms with Gasteiger partial charge in [0.25, 0.3) is 5.91 Å². The van der Waals surface area contributed by atoms with Crippen LogP contribution in [0, 0.1) is 3.57 Å². The number of benzene rings is 3. The first-order valence-electron chi connectivity index (χ1n) is 7.22. The van der Waals surface area contributed by atoms with E-state index >= 15 is 0 Å². The number of halogens is 2. The predicted molar refractivity (Wildman–Crippen MR) is 105 cm³/mol. The number of nitrogens with one attached hydrogen (secondary N) is 1. The summed E-state index contributed by atoms with van der Waals surface area (Å²) < 4.78 is 6.73. The summed E-state index contributed by atoms with van der Waals surface area (Å²) in [5, 5.41) is 3.40. The predicted octanol–water partition coefficient (Wildman–Crippen LogP) is 5.99. The van der Waals surface area contributed by atoms with E-state index in [-0.39, 0.29) is 5.91 Å². The molecule has 0 saturated carbocycles. The smallest absolute Gasteiger partial charge is 0.256 e. The molecule has 0 heterocycles. The first kappa shape index (κ1) is 16.8. The Kier molecular flexibility index (Phi) is 5.37. The first-order valence-corrected chi connectivity index (χ1v) is 8.67. The fraction of sp³-hybridized carbons (Fsp3) is 0. The summed E-state index contributed by atoms with van der Waals surface area (Å²) in [6.07, 6.45) is 0. The molecular weight excluding hydrogens is 437 g/mol. The van der Waals surface area contributed by atoms with Crippen molar-refractivity contribution < 1.29 is 9.53 Å². The SMILES string of the molecule is O=C(Nc1cc(Cl)ccc1Oc1ccccc1)c1ccccc1I. The van der Waals surface area contributed by atoms with Crippen molar-refractivity contribution in [1.29, 1.82) is 0 Å². The molecule has 3 aromatic rings. The van der Waals surface area contributed by atoms with Crippen LogP contribution < -0.4 is 10.1 Å². The molecule has 0 aromatic heterocycles. The van der Waals surface area contributed by atoms with Gasteiger partial charge in [-0.2, -0.15) is 0 Å². The minimum absolute atomic E-state index is 0.208. The van der Waals surface area contributed by atoms with Crippen molar-refractivity contribution in [3.63, 3.8) is 0 Å². The second-order valence-electron chi connectivity index (χ2n) is 4.99. The van der Waals surface area contributed by atoms with E-state index in [4.69, 9.17) is 16.3 Å². The third kappa shape index (κ3) is 4.07. The number of hydrogen-bond donors (Lipinski definition) is 1. The van der Waals surface area contributed by atoms with E-state index < -0.39 is 0 Å². The Morgan fingerprint density at radius 3 is 2.42 bits per heavy atom. The molecule has 0 aliphatic carbocycles. The molecule has 0 unspecified atom stereocenters. The molecule has 5 heteroatoms. The lowest BCUT2D eigenvalue weighted by Crippen LogP contribution is -2.14. The highest BCUT2D eigenvalue weighted by molar-refractivity contribution is 14.1. The molecule has 24 heavy (non-hydrogen) atoms. The van der Waals surface area contributed by atoms with Crippen LogP contribution in [0.3, 0.4) is 0 Å². The van der Waals surface area contributed by atoms with Crippen LogP contribution in [-0.4, -0.2) is 5.91 Å². The van der Waals surface area contributed by atoms with Crippen molar-refractivity contribution in [2.75, 3.05) is 5.32 Å². The number of anilines is 1. The monoisotopic (exact) mass is 449 g/mol. The highest BCUT2D eigenvalue weighted by atomic mass is 127. The summed E-state index contributed by atoms with van der Waals surface area (Å²) in [7, 11) is 0. The number of amides is 1. The molecule has 0 bridgehead atoms. The molecule has 0 saturated heterocycles. The van der Waals surface area contributed by atoms with E-state index in [0.29, 0.717) is 27.8 Å². The molecule has 0 radical (unpaired) electrons. The molecular formula is C19H13ClINO2. The average Bonchev–Trinajstić information content (AvgIpc) is 2.58. The van der Waals surface area contributed by atoms with Gasteiger partial charge in [0, 0.05) is 8.59 Å². The Balaban J connectivity index is 1.88. The van der Waals surface area contributed by atoms with Gasteiger partial charge in [0.05, 0.1) is 11.3 Å². The summed E-state index contributed by atoms with van der Waals surface area (Å²) in [4.78, 5) is 12.5. The van der Waals surface area contributed by atoms with E-state index in [1.54, 1.807) is 24.3 Å². The number of hydrogen-bond acceptors (Lipinski definition) is 2. The summed E-state index contributed by atoms with van der Waals surface area (Å²) in [6.45, 7) is 0. The van der Waals surface area contributed by atoms with Gasteiger partial charge < -0.3 is 10.1 Å². The number of ether oxygens (including phenoxy) is 1. The Morgan fingerprint density at radius 2 is 1.67 bits per heavy atom. The Labute approximate surface area is 158 Å². The second kappa shape index (κ2) is 7.68. The van der Waals surface area contributed by atoms with Gasteiger partial charge in [0.1, 0.15) is 5.75 Å². The molecule has 120 valence electrons. The first-order chi connectivity index (χ1) is 11.6. The molecule has 1 N–H and O–H groups in total. The van der Waals surface area contributed by atoms with E-state index in [0.717, 1.165) is 3.57 Å². The topological polar surface area (TPSA) is 38.3 Å². The zero-order chi connectivity index (χ0) is 16.9. The van der Waals surface area contributed by atoms with Gasteiger partial charge >= 0.3 is 0 Å². The molecule has 1 amide bonds. The molecule has 0 atom stereocenters. The third-order valence-corrected chi connectivity index (χ3v) is 4.46. The average molecular weight is 450 g/mol. The van der Waals surface area contributed by atoms with Gasteiger partial charge in [0.2, 0.25) is 0 Å². The highest BCUT2D eigenvalue weighted by Crippen LogP contribution is 2.32. The lowest BCUT2D eigenvalue weighted by atomic mass is 10.2. The van der Waals surface area contributed by atoms with Crippen molar-refractivity contribution >= 4 is 45.8 Å². The Morgan fingerprint density at radius 1 is 0.958 bits per heavy atom. The maximum Gasteiger partial charge on any atom is 0.256 e. The summed E-state index contributed by atoms with van der Waals surface area (Å²) in [5.74, 6) is 1.01. The zero-order valence-corrected chi connectivity index (χ0v) is 15.4. The van der Waals surface area contributed by atoms with Crippen molar-refractivity contribution in [2.45, 2.75) is 0 Å². The van der Waals surface area contributed by atoms with Crippen LogP contribution in [0.15, 0.2) is 72.8 Å². The van der Waals surface area contributed by atoms with Crippen molar-refractivity contribution in [2.24, 2.45) is 0 Å². The van der Waals surface area contributed by atoms with Gasteiger partial charge in [-0.25, -0.2) is 0 Å². The van der Waals surface area contributed by atoms with Gasteiger partial charge in [-0.05, 0) is 65.1 Å². The molecule has 0 spiro atoms. The maximum atomic E-state index is 12.5. The fourth-order valence-electron chi connectivity index (χ4n) is 2.14. The van der Waals surface area contributed by atoms with E-state index in [2.05, 4.69) is 27.9 Å². The van der Waals surface area contributed by atoms with Crippen molar-refractivity contribution in [3.05, 3.63) is 87.0 Å². The molecule has 3 rings (SSSR count). The Bertz CT molecular complexity index is 868. The highest BCUT2D eigenvalue weighted by Gasteiger charge is 2.13. The molecule has 0 fully saturated rings. The quantitative estimate of drug-likeness (QED) is 0.497. The molecule has 0 aliphatic heterocycles. The summed E-state index contributed by atoms with van der Waals surface area (Å²) in [5.41, 5.74) is 1.12. The number of carbonyl (C=O) groups excluding carboxylic acids is 1. The lowest BCUT2D eigenvalue weighted by Gasteiger charge is -2.13.